The van der Waals surface area contributed by atoms with Gasteiger partial charge in [-0.15, -0.1) is 0 Å². The summed E-state index contributed by atoms with van der Waals surface area (Å²) in [6.45, 7) is 11.6. The van der Waals surface area contributed by atoms with Crippen molar-refractivity contribution in [3.05, 3.63) is 24.2 Å². The van der Waals surface area contributed by atoms with E-state index in [0.717, 1.165) is 25.3 Å². The van der Waals surface area contributed by atoms with Gasteiger partial charge in [-0.1, -0.05) is 13.8 Å². The van der Waals surface area contributed by atoms with Crippen molar-refractivity contribution in [2.45, 2.75) is 59.0 Å². The lowest BCUT2D eigenvalue weighted by Crippen LogP contribution is -2.57. The molecule has 0 aromatic carbocycles. The molecule has 1 aliphatic heterocycles. The molecule has 2 heterocycles. The van der Waals surface area contributed by atoms with Gasteiger partial charge in [0, 0.05) is 26.2 Å². The average Bonchev–Trinajstić information content (AvgIpc) is 3.02. The maximum Gasteiger partial charge on any atom is 0.237 e. The largest absolute Gasteiger partial charge is 0.467 e. The molecule has 6 nitrogen and oxygen atoms in total. The third kappa shape index (κ3) is 6.45. The minimum Gasteiger partial charge on any atom is -0.467 e. The van der Waals surface area contributed by atoms with E-state index in [-0.39, 0.29) is 30.1 Å². The van der Waals surface area contributed by atoms with Gasteiger partial charge in [-0.05, 0) is 38.3 Å². The SMILES string of the molecule is CC1CN(C(C(=O)NCCCOCc2ccco2)C(C)C)CC(C)O1. The Kier molecular flexibility index (Phi) is 7.93. The van der Waals surface area contributed by atoms with E-state index in [1.165, 1.54) is 0 Å². The Balaban J connectivity index is 1.70. The number of furan rings is 1. The highest BCUT2D eigenvalue weighted by Gasteiger charge is 2.33. The van der Waals surface area contributed by atoms with Crippen LogP contribution in [0.25, 0.3) is 0 Å². The fourth-order valence-electron chi connectivity index (χ4n) is 3.39. The summed E-state index contributed by atoms with van der Waals surface area (Å²) in [4.78, 5) is 14.9. The molecule has 1 amide bonds. The third-order valence-electron chi connectivity index (χ3n) is 4.33. The number of hydrogen-bond donors (Lipinski definition) is 1. The van der Waals surface area contributed by atoms with Crippen molar-refractivity contribution in [2.75, 3.05) is 26.2 Å². The monoisotopic (exact) mass is 352 g/mol. The Morgan fingerprint density at radius 1 is 1.36 bits per heavy atom. The number of carbonyl (C=O) groups excluding carboxylic acids is 1. The Morgan fingerprint density at radius 3 is 2.68 bits per heavy atom. The van der Waals surface area contributed by atoms with Gasteiger partial charge in [-0.3, -0.25) is 9.69 Å². The van der Waals surface area contributed by atoms with Crippen LogP contribution in [-0.4, -0.2) is 55.3 Å². The first-order chi connectivity index (χ1) is 12.0. The quantitative estimate of drug-likeness (QED) is 0.692. The standard InChI is InChI=1S/C19H32N2O4/c1-14(2)18(21-11-15(3)25-16(4)12-21)19(22)20-8-6-9-23-13-17-7-5-10-24-17/h5,7,10,14-16,18H,6,8-9,11-13H2,1-4H3,(H,20,22). The Bertz CT molecular complexity index is 494. The first-order valence-corrected chi connectivity index (χ1v) is 9.24. The van der Waals surface area contributed by atoms with Crippen LogP contribution in [0.15, 0.2) is 22.8 Å². The summed E-state index contributed by atoms with van der Waals surface area (Å²) in [6, 6.07) is 3.62. The third-order valence-corrected chi connectivity index (χ3v) is 4.33. The number of morpholine rings is 1. The predicted molar refractivity (Wildman–Crippen MR) is 96.2 cm³/mol. The van der Waals surface area contributed by atoms with Gasteiger partial charge in [0.2, 0.25) is 5.91 Å². The zero-order chi connectivity index (χ0) is 18.2. The summed E-state index contributed by atoms with van der Waals surface area (Å²) >= 11 is 0. The van der Waals surface area contributed by atoms with Crippen LogP contribution < -0.4 is 5.32 Å². The number of nitrogens with zero attached hydrogens (tertiary/aromatic N) is 1. The minimum atomic E-state index is -0.113. The smallest absolute Gasteiger partial charge is 0.237 e. The zero-order valence-electron chi connectivity index (χ0n) is 15.9. The molecule has 25 heavy (non-hydrogen) atoms. The molecule has 142 valence electrons. The van der Waals surface area contributed by atoms with Crippen molar-refractivity contribution < 1.29 is 18.7 Å². The van der Waals surface area contributed by atoms with Gasteiger partial charge in [0.1, 0.15) is 12.4 Å². The predicted octanol–water partition coefficient (Wildman–Crippen LogP) is 2.44. The summed E-state index contributed by atoms with van der Waals surface area (Å²) in [7, 11) is 0. The molecule has 0 radical (unpaired) electrons. The molecule has 1 fully saturated rings. The van der Waals surface area contributed by atoms with E-state index in [0.29, 0.717) is 19.8 Å². The highest BCUT2D eigenvalue weighted by Crippen LogP contribution is 2.18. The van der Waals surface area contributed by atoms with Crippen LogP contribution in [0.3, 0.4) is 0 Å². The highest BCUT2D eigenvalue weighted by atomic mass is 16.5. The van der Waals surface area contributed by atoms with Crippen molar-refractivity contribution in [1.82, 2.24) is 10.2 Å². The van der Waals surface area contributed by atoms with Gasteiger partial charge >= 0.3 is 0 Å². The highest BCUT2D eigenvalue weighted by molar-refractivity contribution is 5.82. The molecule has 1 aromatic rings. The van der Waals surface area contributed by atoms with Gasteiger partial charge in [-0.2, -0.15) is 0 Å². The molecular formula is C19H32N2O4. The van der Waals surface area contributed by atoms with Gasteiger partial charge in [0.05, 0.1) is 24.5 Å². The molecule has 3 unspecified atom stereocenters. The molecule has 0 spiro atoms. The van der Waals surface area contributed by atoms with E-state index in [4.69, 9.17) is 13.9 Å². The normalized spacial score (nSPS) is 22.9. The lowest BCUT2D eigenvalue weighted by Gasteiger charge is -2.41. The van der Waals surface area contributed by atoms with Crippen molar-refractivity contribution in [3.8, 4) is 0 Å². The van der Waals surface area contributed by atoms with E-state index in [9.17, 15) is 4.79 Å². The van der Waals surface area contributed by atoms with E-state index in [1.54, 1.807) is 6.26 Å². The Hall–Kier alpha value is -1.37. The second-order valence-corrected chi connectivity index (χ2v) is 7.18. The molecule has 6 heteroatoms. The second kappa shape index (κ2) is 9.94. The number of amides is 1. The molecule has 1 N–H and O–H groups in total. The van der Waals surface area contributed by atoms with Crippen LogP contribution in [-0.2, 0) is 20.9 Å². The van der Waals surface area contributed by atoms with Crippen molar-refractivity contribution in [3.63, 3.8) is 0 Å². The van der Waals surface area contributed by atoms with Crippen LogP contribution in [0, 0.1) is 5.92 Å². The topological polar surface area (TPSA) is 63.9 Å². The first kappa shape index (κ1) is 19.9. The van der Waals surface area contributed by atoms with Crippen LogP contribution in [0.1, 0.15) is 39.9 Å². The number of ether oxygens (including phenoxy) is 2. The van der Waals surface area contributed by atoms with Crippen LogP contribution in [0.5, 0.6) is 0 Å². The Labute approximate surface area is 150 Å². The lowest BCUT2D eigenvalue weighted by molar-refractivity contribution is -0.135. The van der Waals surface area contributed by atoms with Crippen molar-refractivity contribution in [2.24, 2.45) is 5.92 Å². The maximum absolute atomic E-state index is 12.7. The average molecular weight is 352 g/mol. The number of rotatable bonds is 9. The maximum atomic E-state index is 12.7. The van der Waals surface area contributed by atoms with E-state index in [2.05, 4.69) is 37.9 Å². The van der Waals surface area contributed by atoms with Crippen LogP contribution in [0.2, 0.25) is 0 Å². The molecule has 2 rings (SSSR count). The molecule has 0 saturated carbocycles. The van der Waals surface area contributed by atoms with Crippen molar-refractivity contribution in [1.29, 1.82) is 0 Å². The molecule has 1 saturated heterocycles. The number of carbonyl (C=O) groups is 1. The van der Waals surface area contributed by atoms with E-state index in [1.807, 2.05) is 12.1 Å². The van der Waals surface area contributed by atoms with E-state index >= 15 is 0 Å². The molecular weight excluding hydrogens is 320 g/mol. The summed E-state index contributed by atoms with van der Waals surface area (Å²) in [6.07, 6.45) is 2.74. The summed E-state index contributed by atoms with van der Waals surface area (Å²) in [5.74, 6) is 1.18. The lowest BCUT2D eigenvalue weighted by atomic mass is 9.99. The molecule has 0 aliphatic carbocycles. The van der Waals surface area contributed by atoms with Gasteiger partial charge in [0.25, 0.3) is 0 Å². The van der Waals surface area contributed by atoms with Crippen LogP contribution >= 0.6 is 0 Å². The first-order valence-electron chi connectivity index (χ1n) is 9.24. The number of hydrogen-bond acceptors (Lipinski definition) is 5. The van der Waals surface area contributed by atoms with Gasteiger partial charge < -0.3 is 19.2 Å². The minimum absolute atomic E-state index is 0.0994. The fraction of sp³-hybridized carbons (Fsp3) is 0.737. The molecule has 0 bridgehead atoms. The van der Waals surface area contributed by atoms with Crippen molar-refractivity contribution >= 4 is 5.91 Å². The van der Waals surface area contributed by atoms with Crippen LogP contribution in [0.4, 0.5) is 0 Å². The van der Waals surface area contributed by atoms with E-state index < -0.39 is 0 Å². The zero-order valence-corrected chi connectivity index (χ0v) is 15.9. The molecule has 1 aliphatic rings. The summed E-state index contributed by atoms with van der Waals surface area (Å²) < 4.78 is 16.5. The molecule has 1 aromatic heterocycles. The van der Waals surface area contributed by atoms with Gasteiger partial charge in [-0.25, -0.2) is 0 Å². The van der Waals surface area contributed by atoms with Gasteiger partial charge in [0.15, 0.2) is 0 Å². The fourth-order valence-corrected chi connectivity index (χ4v) is 3.39. The Morgan fingerprint density at radius 2 is 2.08 bits per heavy atom. The summed E-state index contributed by atoms with van der Waals surface area (Å²) in [5.41, 5.74) is 0. The molecule has 3 atom stereocenters. The second-order valence-electron chi connectivity index (χ2n) is 7.18. The number of nitrogens with one attached hydrogen (secondary N) is 1. The summed E-state index contributed by atoms with van der Waals surface area (Å²) in [5, 5.41) is 3.06.